The number of fused-ring (bicyclic) bond motifs is 2. The van der Waals surface area contributed by atoms with E-state index in [1.807, 2.05) is 0 Å². The van der Waals surface area contributed by atoms with Crippen LogP contribution in [-0.4, -0.2) is 82.7 Å². The second kappa shape index (κ2) is 8.12. The van der Waals surface area contributed by atoms with Crippen molar-refractivity contribution in [3.05, 3.63) is 23.0 Å². The van der Waals surface area contributed by atoms with Gasteiger partial charge < -0.3 is 34.3 Å². The molecule has 0 radical (unpaired) electrons. The number of aliphatic hydroxyl groups is 3. The third-order valence-electron chi connectivity index (χ3n) is 9.49. The lowest BCUT2D eigenvalue weighted by Gasteiger charge is -2.67. The van der Waals surface area contributed by atoms with Crippen LogP contribution in [0.15, 0.2) is 23.0 Å². The van der Waals surface area contributed by atoms with Crippen LogP contribution in [0.4, 0.5) is 0 Å². The van der Waals surface area contributed by atoms with E-state index in [1.165, 1.54) is 6.08 Å². The highest BCUT2D eigenvalue weighted by molar-refractivity contribution is 5.95. The first-order chi connectivity index (χ1) is 17.3. The van der Waals surface area contributed by atoms with E-state index in [4.69, 9.17) is 18.9 Å². The van der Waals surface area contributed by atoms with Crippen molar-refractivity contribution < 1.29 is 53.4 Å². The quantitative estimate of drug-likeness (QED) is 0.270. The Labute approximate surface area is 213 Å². The maximum absolute atomic E-state index is 13.4. The minimum atomic E-state index is -2.22. The van der Waals surface area contributed by atoms with Crippen molar-refractivity contribution >= 4 is 23.7 Å². The fraction of sp³-hybridized carbons (Fsp3) is 0.692. The maximum Gasteiger partial charge on any atom is 0.348 e. The summed E-state index contributed by atoms with van der Waals surface area (Å²) < 4.78 is 22.5. The largest absolute Gasteiger partial charge is 0.504 e. The molecule has 1 spiro atoms. The van der Waals surface area contributed by atoms with Crippen LogP contribution in [-0.2, 0) is 38.1 Å². The van der Waals surface area contributed by atoms with E-state index in [9.17, 15) is 34.5 Å². The number of hydrogen-bond acceptors (Lipinski definition) is 11. The van der Waals surface area contributed by atoms with E-state index in [-0.39, 0.29) is 25.2 Å². The van der Waals surface area contributed by atoms with Crippen molar-refractivity contribution in [2.24, 2.45) is 28.6 Å². The van der Waals surface area contributed by atoms with Crippen LogP contribution in [0, 0.1) is 28.6 Å². The average molecular weight is 521 g/mol. The molecule has 5 aliphatic rings. The zero-order valence-electron chi connectivity index (χ0n) is 21.3. The average Bonchev–Trinajstić information content (AvgIpc) is 3.12. The predicted molar refractivity (Wildman–Crippen MR) is 122 cm³/mol. The summed E-state index contributed by atoms with van der Waals surface area (Å²) >= 11 is 0. The summed E-state index contributed by atoms with van der Waals surface area (Å²) in [7, 11) is 1.09. The molecule has 2 bridgehead atoms. The van der Waals surface area contributed by atoms with Gasteiger partial charge in [0.05, 0.1) is 25.7 Å². The lowest BCUT2D eigenvalue weighted by molar-refractivity contribution is -0.290. The number of aliphatic hydroxyl groups excluding tert-OH is 3. The number of hydrogen-bond donors (Lipinski definition) is 3. The summed E-state index contributed by atoms with van der Waals surface area (Å²) in [5.41, 5.74) is -3.50. The van der Waals surface area contributed by atoms with Crippen LogP contribution in [0.25, 0.3) is 0 Å². The van der Waals surface area contributed by atoms with Crippen molar-refractivity contribution in [1.82, 2.24) is 0 Å². The Balaban J connectivity index is 1.74. The molecule has 10 atom stereocenters. The van der Waals surface area contributed by atoms with Gasteiger partial charge in [0, 0.05) is 23.8 Å². The molecule has 0 aromatic heterocycles. The van der Waals surface area contributed by atoms with Gasteiger partial charge >= 0.3 is 17.9 Å². The fourth-order valence-corrected chi connectivity index (χ4v) is 8.25. The van der Waals surface area contributed by atoms with Gasteiger partial charge in [-0.1, -0.05) is 12.5 Å². The van der Waals surface area contributed by atoms with Gasteiger partial charge in [0.1, 0.15) is 12.2 Å². The lowest BCUT2D eigenvalue weighted by Crippen LogP contribution is -2.79. The van der Waals surface area contributed by atoms with Gasteiger partial charge in [0.15, 0.2) is 11.5 Å². The normalized spacial score (nSPS) is 45.9. The number of esters is 3. The molecular formula is C26H32O11. The molecule has 3 aliphatic carbocycles. The smallest absolute Gasteiger partial charge is 0.348 e. The maximum atomic E-state index is 13.4. The van der Waals surface area contributed by atoms with Crippen LogP contribution < -0.4 is 0 Å². The van der Waals surface area contributed by atoms with Crippen molar-refractivity contribution in [3.8, 4) is 0 Å². The Morgan fingerprint density at radius 1 is 1.16 bits per heavy atom. The molecule has 0 aromatic rings. The van der Waals surface area contributed by atoms with Crippen LogP contribution in [0.1, 0.15) is 40.5 Å². The number of allylic oxidation sites excluding steroid dienone is 3. The highest BCUT2D eigenvalue weighted by atomic mass is 16.6. The first-order valence-corrected chi connectivity index (χ1v) is 12.3. The topological polar surface area (TPSA) is 166 Å². The molecule has 5 rings (SSSR count). The number of rotatable bonds is 3. The molecule has 3 N–H and O–H groups in total. The Hall–Kier alpha value is -2.76. The first kappa shape index (κ1) is 25.9. The van der Waals surface area contributed by atoms with E-state index in [0.29, 0.717) is 11.1 Å². The van der Waals surface area contributed by atoms with Crippen LogP contribution in [0.2, 0.25) is 0 Å². The zero-order valence-corrected chi connectivity index (χ0v) is 21.3. The Morgan fingerprint density at radius 3 is 2.46 bits per heavy atom. The summed E-state index contributed by atoms with van der Waals surface area (Å²) in [6.45, 7) is 6.53. The van der Waals surface area contributed by atoms with E-state index in [1.54, 1.807) is 27.7 Å². The molecule has 37 heavy (non-hydrogen) atoms. The lowest BCUT2D eigenvalue weighted by atomic mass is 9.38. The minimum Gasteiger partial charge on any atom is -0.504 e. The summed E-state index contributed by atoms with van der Waals surface area (Å²) in [5.74, 6) is -6.30. The zero-order chi connectivity index (χ0) is 27.2. The van der Waals surface area contributed by atoms with Crippen molar-refractivity contribution in [2.75, 3.05) is 13.7 Å². The molecule has 2 saturated carbocycles. The second-order valence-electron chi connectivity index (χ2n) is 11.5. The second-order valence-corrected chi connectivity index (χ2v) is 11.5. The molecule has 11 heteroatoms. The summed E-state index contributed by atoms with van der Waals surface area (Å²) in [5, 5.41) is 33.6. The molecular weight excluding hydrogens is 488 g/mol. The summed E-state index contributed by atoms with van der Waals surface area (Å²) in [4.78, 5) is 52.2. The van der Waals surface area contributed by atoms with Crippen LogP contribution >= 0.6 is 0 Å². The first-order valence-electron chi connectivity index (χ1n) is 12.3. The summed E-state index contributed by atoms with van der Waals surface area (Å²) in [6.07, 6.45) is -4.79. The third-order valence-corrected chi connectivity index (χ3v) is 9.49. The minimum absolute atomic E-state index is 0.141. The van der Waals surface area contributed by atoms with Gasteiger partial charge in [0.25, 0.3) is 0 Å². The summed E-state index contributed by atoms with van der Waals surface area (Å²) in [6, 6.07) is 0. The van der Waals surface area contributed by atoms with Crippen molar-refractivity contribution in [3.63, 3.8) is 0 Å². The van der Waals surface area contributed by atoms with Crippen LogP contribution in [0.3, 0.4) is 0 Å². The molecule has 11 nitrogen and oxygen atoms in total. The number of methoxy groups -OCH3 is 1. The van der Waals surface area contributed by atoms with E-state index >= 15 is 0 Å². The van der Waals surface area contributed by atoms with Gasteiger partial charge in [-0.05, 0) is 44.1 Å². The standard InChI is InChI=1S/C26H32O11/c1-10(2)6-15(28)37-18-20-25-9-35-26(20,23(33)34-5)21(31)17(30)19(25)24(4)8-13(27)16(29)11(3)12(24)7-14(25)36-22(18)32/h6,12,14,17-21,29-31H,7-9H2,1-5H3/t12-,14+,17?,18+,19-,20-,21-,24-,25?,26-/m0/s1. The molecule has 2 saturated heterocycles. The van der Waals surface area contributed by atoms with Gasteiger partial charge in [0.2, 0.25) is 11.7 Å². The van der Waals surface area contributed by atoms with Crippen molar-refractivity contribution in [2.45, 2.75) is 70.6 Å². The van der Waals surface area contributed by atoms with E-state index in [2.05, 4.69) is 0 Å². The number of ketones is 1. The Bertz CT molecular complexity index is 1150. The van der Waals surface area contributed by atoms with Gasteiger partial charge in [-0.3, -0.25) is 4.79 Å². The number of ether oxygens (including phenoxy) is 4. The van der Waals surface area contributed by atoms with Gasteiger partial charge in [-0.25, -0.2) is 14.4 Å². The molecule has 0 aromatic carbocycles. The SMILES string of the molecule is COC(=O)[C@@]12OCC34[C@@H](C(O)[C@@H]1O)[C@@]1(C)CC(=O)C(O)=C(C)[C@@H]1C[C@H]3OC(=O)[C@H](OC(=O)C=C(C)C)[C@@H]42. The van der Waals surface area contributed by atoms with E-state index < -0.39 is 82.3 Å². The van der Waals surface area contributed by atoms with Gasteiger partial charge in [-0.2, -0.15) is 0 Å². The highest BCUT2D eigenvalue weighted by Crippen LogP contribution is 2.72. The van der Waals surface area contributed by atoms with Crippen LogP contribution in [0.5, 0.6) is 0 Å². The van der Waals surface area contributed by atoms with Gasteiger partial charge in [-0.15, -0.1) is 0 Å². The molecule has 2 aliphatic heterocycles. The number of carbonyl (C=O) groups excluding carboxylic acids is 4. The number of Topliss-reactive ketones (excluding diaryl/α,β-unsaturated/α-hetero) is 1. The molecule has 0 amide bonds. The molecule has 2 unspecified atom stereocenters. The third kappa shape index (κ3) is 3.04. The number of carbonyl (C=O) groups is 4. The fourth-order valence-electron chi connectivity index (χ4n) is 8.25. The highest BCUT2D eigenvalue weighted by Gasteiger charge is 2.85. The Kier molecular flexibility index (Phi) is 5.68. The predicted octanol–water partition coefficient (Wildman–Crippen LogP) is 0.517. The van der Waals surface area contributed by atoms with E-state index in [0.717, 1.165) is 7.11 Å². The molecule has 2 heterocycles. The monoisotopic (exact) mass is 520 g/mol. The molecule has 202 valence electrons. The molecule has 4 fully saturated rings. The Morgan fingerprint density at radius 2 is 1.84 bits per heavy atom. The van der Waals surface area contributed by atoms with Crippen molar-refractivity contribution in [1.29, 1.82) is 0 Å².